The number of carbonyl (C=O) groups excluding carboxylic acids is 1. The van der Waals surface area contributed by atoms with Crippen molar-refractivity contribution in [2.24, 2.45) is 0 Å². The predicted molar refractivity (Wildman–Crippen MR) is 110 cm³/mol. The summed E-state index contributed by atoms with van der Waals surface area (Å²) in [6.07, 6.45) is -0.217. The zero-order valence-corrected chi connectivity index (χ0v) is 15.3. The van der Waals surface area contributed by atoms with Crippen LogP contribution in [0.5, 0.6) is 0 Å². The number of esters is 1. The third-order valence-corrected chi connectivity index (χ3v) is 5.13. The van der Waals surface area contributed by atoms with Gasteiger partial charge in [-0.05, 0) is 0 Å². The number of nitrogens with zero attached hydrogens (tertiary/aromatic N) is 1. The monoisotopic (exact) mass is 393 g/mol. The summed E-state index contributed by atoms with van der Waals surface area (Å²) in [4.78, 5) is 63.0. The van der Waals surface area contributed by atoms with Gasteiger partial charge < -0.3 is 16.2 Å². The smallest absolute Gasteiger partial charge is 0.307 e. The Hall–Kier alpha value is -4.01. The molecule has 146 valence electrons. The highest BCUT2D eigenvalue weighted by molar-refractivity contribution is 6.20. The van der Waals surface area contributed by atoms with Gasteiger partial charge in [0.15, 0.2) is 10.9 Å². The SMILES string of the molecule is COC(=O)CCn1c(=O)c2c(N)c3c(=O)c4ccccc4c(=O)c3c(N)c2c1=O. The molecule has 0 saturated carbocycles. The minimum atomic E-state index is -0.778. The van der Waals surface area contributed by atoms with Crippen molar-refractivity contribution in [1.29, 1.82) is 0 Å². The molecule has 0 spiro atoms. The first-order valence-electron chi connectivity index (χ1n) is 8.65. The molecule has 0 aliphatic heterocycles. The molecule has 0 saturated heterocycles. The van der Waals surface area contributed by atoms with Crippen molar-refractivity contribution in [1.82, 2.24) is 4.57 Å². The Morgan fingerprint density at radius 2 is 1.31 bits per heavy atom. The van der Waals surface area contributed by atoms with Crippen LogP contribution in [0.25, 0.3) is 32.3 Å². The van der Waals surface area contributed by atoms with Crippen molar-refractivity contribution in [2.75, 3.05) is 18.6 Å². The van der Waals surface area contributed by atoms with E-state index in [0.717, 1.165) is 4.57 Å². The second kappa shape index (κ2) is 6.26. The van der Waals surface area contributed by atoms with Crippen molar-refractivity contribution >= 4 is 49.7 Å². The van der Waals surface area contributed by atoms with E-state index < -0.39 is 27.9 Å². The first kappa shape index (κ1) is 18.4. The first-order chi connectivity index (χ1) is 13.8. The average molecular weight is 393 g/mol. The summed E-state index contributed by atoms with van der Waals surface area (Å²) in [5.74, 6) is -0.609. The van der Waals surface area contributed by atoms with Crippen LogP contribution in [0.4, 0.5) is 11.4 Å². The molecule has 4 N–H and O–H groups in total. The van der Waals surface area contributed by atoms with Crippen molar-refractivity contribution in [3.63, 3.8) is 0 Å². The largest absolute Gasteiger partial charge is 0.469 e. The Balaban J connectivity index is 2.22. The zero-order chi connectivity index (χ0) is 21.0. The quantitative estimate of drug-likeness (QED) is 0.213. The predicted octanol–water partition coefficient (Wildman–Crippen LogP) is -0.00840. The molecular weight excluding hydrogens is 378 g/mol. The first-order valence-corrected chi connectivity index (χ1v) is 8.65. The van der Waals surface area contributed by atoms with Crippen molar-refractivity contribution in [2.45, 2.75) is 13.0 Å². The number of ether oxygens (including phenoxy) is 1. The molecule has 0 unspecified atom stereocenters. The summed E-state index contributed by atoms with van der Waals surface area (Å²) >= 11 is 0. The molecule has 1 heterocycles. The number of methoxy groups -OCH3 is 1. The summed E-state index contributed by atoms with van der Waals surface area (Å²) in [7, 11) is 1.18. The molecule has 0 aliphatic carbocycles. The number of nitrogen functional groups attached to an aromatic ring is 2. The van der Waals surface area contributed by atoms with E-state index in [0.29, 0.717) is 0 Å². The number of benzene rings is 3. The Kier molecular flexibility index (Phi) is 3.97. The van der Waals surface area contributed by atoms with Gasteiger partial charge in [-0.1, -0.05) is 24.3 Å². The van der Waals surface area contributed by atoms with Crippen LogP contribution in [0.15, 0.2) is 43.4 Å². The van der Waals surface area contributed by atoms with Crippen LogP contribution in [0.3, 0.4) is 0 Å². The molecule has 0 amide bonds. The highest BCUT2D eigenvalue weighted by Crippen LogP contribution is 2.31. The number of hydrogen-bond acceptors (Lipinski definition) is 8. The van der Waals surface area contributed by atoms with Crippen LogP contribution in [-0.4, -0.2) is 17.6 Å². The van der Waals surface area contributed by atoms with E-state index in [1.165, 1.54) is 19.2 Å². The third-order valence-electron chi connectivity index (χ3n) is 5.13. The Labute approximate surface area is 161 Å². The van der Waals surface area contributed by atoms with E-state index in [1.807, 2.05) is 0 Å². The Morgan fingerprint density at radius 3 is 1.72 bits per heavy atom. The van der Waals surface area contributed by atoms with Gasteiger partial charge in [-0.15, -0.1) is 0 Å². The molecule has 3 aromatic carbocycles. The van der Waals surface area contributed by atoms with Crippen molar-refractivity contribution in [3.8, 4) is 0 Å². The van der Waals surface area contributed by atoms with Crippen molar-refractivity contribution < 1.29 is 9.53 Å². The standard InChI is InChI=1S/C20H15N3O6/c1-29-10(24)6-7-23-19(27)13-14(20(23)28)16(22)12-11(15(13)21)17(25)8-4-2-3-5-9(8)18(12)26/h2-5H,6-7,21-22H2,1H3. The highest BCUT2D eigenvalue weighted by atomic mass is 16.5. The van der Waals surface area contributed by atoms with Gasteiger partial charge in [-0.25, -0.2) is 0 Å². The maximum Gasteiger partial charge on any atom is 0.307 e. The maximum atomic E-state index is 13.0. The molecule has 4 aromatic rings. The second-order valence-corrected chi connectivity index (χ2v) is 6.62. The number of hydrogen-bond donors (Lipinski definition) is 2. The number of nitrogens with two attached hydrogens (primary N) is 2. The highest BCUT2D eigenvalue weighted by Gasteiger charge is 2.25. The van der Waals surface area contributed by atoms with Crippen LogP contribution in [0.2, 0.25) is 0 Å². The van der Waals surface area contributed by atoms with E-state index >= 15 is 0 Å². The van der Waals surface area contributed by atoms with E-state index in [2.05, 4.69) is 4.74 Å². The van der Waals surface area contributed by atoms with E-state index in [9.17, 15) is 24.0 Å². The Bertz CT molecular complexity index is 1450. The summed E-state index contributed by atoms with van der Waals surface area (Å²) in [6.45, 7) is -0.245. The van der Waals surface area contributed by atoms with Gasteiger partial charge in [0.2, 0.25) is 0 Å². The van der Waals surface area contributed by atoms with Gasteiger partial charge in [0.1, 0.15) is 0 Å². The molecular formula is C20H15N3O6. The fraction of sp³-hybridized carbons (Fsp3) is 0.150. The van der Waals surface area contributed by atoms with Crippen molar-refractivity contribution in [3.05, 3.63) is 65.4 Å². The van der Waals surface area contributed by atoms with Gasteiger partial charge in [-0.2, -0.15) is 0 Å². The van der Waals surface area contributed by atoms with Crippen LogP contribution in [0, 0.1) is 0 Å². The third kappa shape index (κ3) is 2.37. The molecule has 0 fully saturated rings. The topological polar surface area (TPSA) is 152 Å². The summed E-state index contributed by atoms with van der Waals surface area (Å²) in [5.41, 5.74) is 9.04. The zero-order valence-electron chi connectivity index (χ0n) is 15.3. The lowest BCUT2D eigenvalue weighted by molar-refractivity contribution is -0.140. The number of carbonyl (C=O) groups is 1. The van der Waals surface area contributed by atoms with E-state index in [-0.39, 0.29) is 56.7 Å². The number of aromatic nitrogens is 1. The molecule has 0 aliphatic rings. The molecule has 1 aromatic heterocycles. The van der Waals surface area contributed by atoms with E-state index in [4.69, 9.17) is 11.5 Å². The lowest BCUT2D eigenvalue weighted by Crippen LogP contribution is -2.27. The minimum absolute atomic E-state index is 0.148. The molecule has 0 bridgehead atoms. The molecule has 29 heavy (non-hydrogen) atoms. The summed E-state index contributed by atoms with van der Waals surface area (Å²) in [5, 5.41) is -0.513. The Morgan fingerprint density at radius 1 is 0.862 bits per heavy atom. The van der Waals surface area contributed by atoms with Gasteiger partial charge in [0, 0.05) is 17.3 Å². The minimum Gasteiger partial charge on any atom is -0.469 e. The van der Waals surface area contributed by atoms with Gasteiger partial charge in [-0.3, -0.25) is 28.5 Å². The molecule has 4 rings (SSSR count). The van der Waals surface area contributed by atoms with Crippen LogP contribution < -0.4 is 33.4 Å². The average Bonchev–Trinajstić information content (AvgIpc) is 2.97. The number of anilines is 2. The molecule has 9 heteroatoms. The fourth-order valence-corrected chi connectivity index (χ4v) is 3.72. The lowest BCUT2D eigenvalue weighted by atomic mass is 9.97. The second-order valence-electron chi connectivity index (χ2n) is 6.62. The van der Waals surface area contributed by atoms with Crippen LogP contribution >= 0.6 is 0 Å². The molecule has 0 atom stereocenters. The van der Waals surface area contributed by atoms with Crippen LogP contribution in [0.1, 0.15) is 6.42 Å². The fourth-order valence-electron chi connectivity index (χ4n) is 3.72. The maximum absolute atomic E-state index is 13.0. The lowest BCUT2D eigenvalue weighted by Gasteiger charge is -2.07. The molecule has 9 nitrogen and oxygen atoms in total. The summed E-state index contributed by atoms with van der Waals surface area (Å²) < 4.78 is 5.33. The van der Waals surface area contributed by atoms with E-state index in [1.54, 1.807) is 12.1 Å². The molecule has 0 radical (unpaired) electrons. The van der Waals surface area contributed by atoms with Gasteiger partial charge in [0.25, 0.3) is 11.1 Å². The number of fused-ring (bicyclic) bond motifs is 3. The number of rotatable bonds is 3. The van der Waals surface area contributed by atoms with Gasteiger partial charge >= 0.3 is 5.97 Å². The van der Waals surface area contributed by atoms with Crippen LogP contribution in [-0.2, 0) is 16.1 Å². The summed E-state index contributed by atoms with van der Waals surface area (Å²) in [6, 6.07) is 6.17. The normalized spacial score (nSPS) is 11.5. The van der Waals surface area contributed by atoms with Gasteiger partial charge in [0.05, 0.1) is 46.5 Å².